The van der Waals surface area contributed by atoms with Crippen LogP contribution in [0, 0.1) is 0 Å². The van der Waals surface area contributed by atoms with Crippen LogP contribution in [-0.4, -0.2) is 44.6 Å². The summed E-state index contributed by atoms with van der Waals surface area (Å²) in [4.78, 5) is 27.7. The molecule has 5 aromatic carbocycles. The van der Waals surface area contributed by atoms with Crippen molar-refractivity contribution in [3.8, 4) is 0 Å². The van der Waals surface area contributed by atoms with E-state index in [2.05, 4.69) is 0 Å². The molecule has 0 spiro atoms. The molecule has 0 saturated carbocycles. The van der Waals surface area contributed by atoms with Gasteiger partial charge >= 0.3 is 24.3 Å². The van der Waals surface area contributed by atoms with Crippen LogP contribution in [0.3, 0.4) is 0 Å². The molecule has 12 heteroatoms. The molecule has 50 heavy (non-hydrogen) atoms. The first-order valence-electron chi connectivity index (χ1n) is 15.5. The van der Waals surface area contributed by atoms with Crippen LogP contribution in [0.2, 0.25) is 0 Å². The molecule has 0 bridgehead atoms. The van der Waals surface area contributed by atoms with Crippen LogP contribution in [0.4, 0.5) is 26.3 Å². The van der Waals surface area contributed by atoms with Crippen LogP contribution in [0.15, 0.2) is 109 Å². The Hall–Kier alpha value is -4.94. The number of carbonyl (C=O) groups is 2. The van der Waals surface area contributed by atoms with Crippen molar-refractivity contribution in [2.75, 3.05) is 14.2 Å². The Balaban J connectivity index is 1.51. The highest BCUT2D eigenvalue weighted by molar-refractivity contribution is 6.08. The number of halogens is 6. The lowest BCUT2D eigenvalue weighted by Crippen LogP contribution is -2.54. The van der Waals surface area contributed by atoms with Crippen LogP contribution < -0.4 is 0 Å². The molecule has 6 rings (SSSR count). The van der Waals surface area contributed by atoms with Gasteiger partial charge in [-0.2, -0.15) is 26.3 Å². The van der Waals surface area contributed by atoms with Gasteiger partial charge in [-0.1, -0.05) is 103 Å². The summed E-state index contributed by atoms with van der Waals surface area (Å²) in [5.74, 6) is -3.77. The van der Waals surface area contributed by atoms with Crippen molar-refractivity contribution in [1.29, 1.82) is 0 Å². The average molecular weight is 697 g/mol. The van der Waals surface area contributed by atoms with Crippen molar-refractivity contribution < 1.29 is 54.9 Å². The zero-order valence-electron chi connectivity index (χ0n) is 26.7. The number of alkyl halides is 6. The summed E-state index contributed by atoms with van der Waals surface area (Å²) in [5, 5.41) is 3.01. The fourth-order valence-corrected chi connectivity index (χ4v) is 6.70. The first-order chi connectivity index (χ1) is 23.8. The van der Waals surface area contributed by atoms with Crippen LogP contribution in [0.1, 0.15) is 34.8 Å². The summed E-state index contributed by atoms with van der Waals surface area (Å²) >= 11 is 0. The van der Waals surface area contributed by atoms with Crippen LogP contribution in [0.5, 0.6) is 0 Å². The average Bonchev–Trinajstić information content (AvgIpc) is 3.09. The maximum Gasteiger partial charge on any atom is 0.432 e. The molecule has 0 aliphatic heterocycles. The Bertz CT molecular complexity index is 2030. The third-order valence-electron chi connectivity index (χ3n) is 9.19. The maximum atomic E-state index is 14.9. The minimum absolute atomic E-state index is 0.134. The zero-order chi connectivity index (χ0) is 35.9. The summed E-state index contributed by atoms with van der Waals surface area (Å²) in [6.07, 6.45) is -14.2. The van der Waals surface area contributed by atoms with Gasteiger partial charge in [0, 0.05) is 30.9 Å². The lowest BCUT2D eigenvalue weighted by atomic mass is 9.84. The number of fused-ring (bicyclic) bond motifs is 4. The number of hydrogen-bond acceptors (Lipinski definition) is 6. The van der Waals surface area contributed by atoms with E-state index in [1.165, 1.54) is 36.4 Å². The smallest absolute Gasteiger partial charge is 0.432 e. The highest BCUT2D eigenvalue weighted by atomic mass is 19.4. The number of aryl methyl sites for hydroxylation is 1. The summed E-state index contributed by atoms with van der Waals surface area (Å²) < 4.78 is 110. The van der Waals surface area contributed by atoms with Gasteiger partial charge in [0.25, 0.3) is 11.2 Å². The molecule has 0 heterocycles. The number of methoxy groups -OCH3 is 2. The van der Waals surface area contributed by atoms with Crippen molar-refractivity contribution in [3.63, 3.8) is 0 Å². The number of benzene rings is 5. The minimum Gasteiger partial charge on any atom is -0.455 e. The highest BCUT2D eigenvalue weighted by Gasteiger charge is 2.66. The predicted octanol–water partition coefficient (Wildman–Crippen LogP) is 8.64. The normalized spacial score (nSPS) is 18.9. The molecule has 5 aromatic rings. The van der Waals surface area contributed by atoms with E-state index in [4.69, 9.17) is 18.9 Å². The van der Waals surface area contributed by atoms with E-state index < -0.39 is 58.8 Å². The summed E-state index contributed by atoms with van der Waals surface area (Å²) in [7, 11) is 1.40. The van der Waals surface area contributed by atoms with E-state index in [0.717, 1.165) is 40.4 Å². The first kappa shape index (κ1) is 34.9. The standard InChI is InChI=1S/C38H30F6O6/c1-47-35(37(39,40)41,26-12-5-3-6-13-26)33(45)49-31-20-19-25-21-24-18-17-23-11-9-10-16-28(23)29(24)22-30(25)32(31)50-34(46)36(48-2,38(42,43)44)27-14-7-4-8-15-27/h3-18,21-22,31-32H,19-20H2,1-2H3/t31-,32+,35-,36-/m1/s1. The number of esters is 2. The molecule has 4 atom stereocenters. The Morgan fingerprint density at radius 3 is 1.64 bits per heavy atom. The van der Waals surface area contributed by atoms with Gasteiger partial charge in [0.05, 0.1) is 0 Å². The first-order valence-corrected chi connectivity index (χ1v) is 15.5. The Kier molecular flexibility index (Phi) is 9.12. The number of hydrogen-bond donors (Lipinski definition) is 0. The van der Waals surface area contributed by atoms with Crippen molar-refractivity contribution >= 4 is 33.5 Å². The minimum atomic E-state index is -5.35. The second-order valence-corrected chi connectivity index (χ2v) is 11.9. The molecule has 0 fully saturated rings. The molecule has 1 aliphatic rings. The maximum absolute atomic E-state index is 14.9. The number of rotatable bonds is 8. The molecule has 0 amide bonds. The van der Waals surface area contributed by atoms with Gasteiger partial charge < -0.3 is 18.9 Å². The van der Waals surface area contributed by atoms with Crippen molar-refractivity contribution in [1.82, 2.24) is 0 Å². The zero-order valence-corrected chi connectivity index (χ0v) is 26.7. The van der Waals surface area contributed by atoms with Crippen molar-refractivity contribution in [2.24, 2.45) is 0 Å². The molecule has 1 aliphatic carbocycles. The van der Waals surface area contributed by atoms with E-state index in [1.54, 1.807) is 18.2 Å². The van der Waals surface area contributed by atoms with Gasteiger partial charge in [-0.3, -0.25) is 0 Å². The Morgan fingerprint density at radius 1 is 0.600 bits per heavy atom. The number of carbonyl (C=O) groups excluding carboxylic acids is 2. The molecule has 0 N–H and O–H groups in total. The van der Waals surface area contributed by atoms with Crippen LogP contribution in [-0.2, 0) is 46.2 Å². The van der Waals surface area contributed by atoms with Gasteiger partial charge in [-0.05, 0) is 46.0 Å². The summed E-state index contributed by atoms with van der Waals surface area (Å²) in [6.45, 7) is 0. The van der Waals surface area contributed by atoms with Crippen LogP contribution in [0.25, 0.3) is 21.5 Å². The fourth-order valence-electron chi connectivity index (χ4n) is 6.70. The van der Waals surface area contributed by atoms with Gasteiger partial charge in [0.1, 0.15) is 6.10 Å². The van der Waals surface area contributed by atoms with E-state index in [1.807, 2.05) is 30.3 Å². The third-order valence-corrected chi connectivity index (χ3v) is 9.19. The molecule has 260 valence electrons. The second kappa shape index (κ2) is 13.1. The quantitative estimate of drug-likeness (QED) is 0.0920. The Morgan fingerprint density at radius 2 is 1.10 bits per heavy atom. The van der Waals surface area contributed by atoms with E-state index in [9.17, 15) is 35.9 Å². The summed E-state index contributed by atoms with van der Waals surface area (Å²) in [6, 6.07) is 26.6. The Labute approximate surface area is 282 Å². The predicted molar refractivity (Wildman–Crippen MR) is 171 cm³/mol. The molecule has 0 aromatic heterocycles. The lowest BCUT2D eigenvalue weighted by molar-refractivity contribution is -0.286. The number of ether oxygens (including phenoxy) is 4. The van der Waals surface area contributed by atoms with Crippen LogP contribution >= 0.6 is 0 Å². The fraction of sp³-hybridized carbons (Fsp3) is 0.263. The van der Waals surface area contributed by atoms with E-state index in [0.29, 0.717) is 25.2 Å². The second-order valence-electron chi connectivity index (χ2n) is 11.9. The SMILES string of the molecule is CO[C@@](C(=O)O[C@@H]1CCc2cc3ccc4ccccc4c3cc2[C@@H]1OC(=O)[C@](OC)(c1ccccc1)C(F)(F)F)(c1ccccc1)C(F)(F)F. The van der Waals surface area contributed by atoms with Crippen molar-refractivity contribution in [2.45, 2.75) is 48.6 Å². The topological polar surface area (TPSA) is 71.1 Å². The molecule has 6 nitrogen and oxygen atoms in total. The van der Waals surface area contributed by atoms with E-state index >= 15 is 0 Å². The summed E-state index contributed by atoms with van der Waals surface area (Å²) in [5.41, 5.74) is -7.69. The van der Waals surface area contributed by atoms with Gasteiger partial charge in [0.15, 0.2) is 6.10 Å². The molecular weight excluding hydrogens is 666 g/mol. The monoisotopic (exact) mass is 696 g/mol. The van der Waals surface area contributed by atoms with Gasteiger partial charge in [-0.25, -0.2) is 9.59 Å². The third kappa shape index (κ3) is 5.66. The molecule has 0 radical (unpaired) electrons. The molecule has 0 saturated heterocycles. The van der Waals surface area contributed by atoms with Gasteiger partial charge in [-0.15, -0.1) is 0 Å². The lowest BCUT2D eigenvalue weighted by Gasteiger charge is -2.39. The molecule has 0 unspecified atom stereocenters. The molecular formula is C38H30F6O6. The largest absolute Gasteiger partial charge is 0.455 e. The van der Waals surface area contributed by atoms with Gasteiger partial charge in [0.2, 0.25) is 0 Å². The van der Waals surface area contributed by atoms with E-state index in [-0.39, 0.29) is 18.4 Å². The van der Waals surface area contributed by atoms with Crippen molar-refractivity contribution in [3.05, 3.63) is 131 Å². The highest BCUT2D eigenvalue weighted by Crippen LogP contribution is 2.48.